The third kappa shape index (κ3) is 2.89. The second-order valence-corrected chi connectivity index (χ2v) is 4.75. The molecular weight excluding hydrogens is 283 g/mol. The van der Waals surface area contributed by atoms with E-state index in [-0.39, 0.29) is 23.4 Å². The summed E-state index contributed by atoms with van der Waals surface area (Å²) in [7, 11) is 0. The molecule has 1 aliphatic heterocycles. The molecule has 1 N–H and O–H groups in total. The summed E-state index contributed by atoms with van der Waals surface area (Å²) >= 11 is 0. The molecule has 2 aromatic rings. The smallest absolute Gasteiger partial charge is 0.395 e. The molecule has 2 aromatic carbocycles. The lowest BCUT2D eigenvalue weighted by Crippen LogP contribution is -2.25. The van der Waals surface area contributed by atoms with Crippen LogP contribution in [0.25, 0.3) is 0 Å². The van der Waals surface area contributed by atoms with Gasteiger partial charge in [0.05, 0.1) is 0 Å². The number of hydrogen-bond donors (Lipinski definition) is 1. The highest BCUT2D eigenvalue weighted by molar-refractivity contribution is 5.56. The number of rotatable bonds is 3. The predicted molar refractivity (Wildman–Crippen MR) is 71.1 cm³/mol. The van der Waals surface area contributed by atoms with Crippen molar-refractivity contribution in [2.45, 2.75) is 19.3 Å². The van der Waals surface area contributed by atoms with Crippen LogP contribution in [-0.4, -0.2) is 6.29 Å². The lowest BCUT2D eigenvalue weighted by Gasteiger charge is -2.16. The first kappa shape index (κ1) is 13.6. The molecule has 0 spiro atoms. The lowest BCUT2D eigenvalue weighted by molar-refractivity contribution is -0.286. The van der Waals surface area contributed by atoms with Gasteiger partial charge >= 0.3 is 6.29 Å². The Morgan fingerprint density at radius 2 is 1.81 bits per heavy atom. The minimum Gasteiger partial charge on any atom is -0.395 e. The van der Waals surface area contributed by atoms with Crippen molar-refractivity contribution in [3.63, 3.8) is 0 Å². The molecule has 0 saturated heterocycles. The van der Waals surface area contributed by atoms with Crippen LogP contribution < -0.4 is 14.8 Å². The first-order valence-corrected chi connectivity index (χ1v) is 6.35. The molecule has 0 bridgehead atoms. The maximum atomic E-state index is 13.2. The minimum atomic E-state index is -3.63. The molecule has 0 fully saturated rings. The maximum Gasteiger partial charge on any atom is 0.586 e. The summed E-state index contributed by atoms with van der Waals surface area (Å²) in [5, 5.41) is 3.10. The molecule has 3 rings (SSSR count). The van der Waals surface area contributed by atoms with E-state index in [1.54, 1.807) is 18.2 Å². The predicted octanol–water partition coefficient (Wildman–Crippen LogP) is 4.32. The van der Waals surface area contributed by atoms with Crippen molar-refractivity contribution >= 4 is 5.69 Å². The number of hydrogen-bond acceptors (Lipinski definition) is 3. The van der Waals surface area contributed by atoms with Gasteiger partial charge in [-0.2, -0.15) is 0 Å². The minimum absolute atomic E-state index is 0.0102. The number of benzene rings is 2. The van der Waals surface area contributed by atoms with Gasteiger partial charge in [-0.3, -0.25) is 0 Å². The van der Waals surface area contributed by atoms with Crippen LogP contribution in [0.4, 0.5) is 18.9 Å². The van der Waals surface area contributed by atoms with Crippen LogP contribution in [0.5, 0.6) is 11.5 Å². The van der Waals surface area contributed by atoms with Gasteiger partial charge in [0.15, 0.2) is 11.5 Å². The fourth-order valence-corrected chi connectivity index (χ4v) is 2.15. The Kier molecular flexibility index (Phi) is 3.16. The molecule has 6 heteroatoms. The van der Waals surface area contributed by atoms with Gasteiger partial charge in [-0.25, -0.2) is 4.39 Å². The molecule has 1 unspecified atom stereocenters. The number of halogens is 3. The Hall–Kier alpha value is -2.37. The normalized spacial score (nSPS) is 16.6. The summed E-state index contributed by atoms with van der Waals surface area (Å²) in [5.74, 6) is -0.369. The van der Waals surface area contributed by atoms with Crippen LogP contribution in [0.15, 0.2) is 42.5 Å². The Bertz CT molecular complexity index is 676. The molecule has 110 valence electrons. The third-order valence-electron chi connectivity index (χ3n) is 3.13. The standard InChI is InChI=1S/C15H12F3NO2/c1-9(10-3-2-4-11(16)7-10)19-12-5-6-13-14(8-12)21-15(17,18)20-13/h2-9,19H,1H3. The number of nitrogens with one attached hydrogen (secondary N) is 1. The maximum absolute atomic E-state index is 13.2. The molecule has 1 atom stereocenters. The van der Waals surface area contributed by atoms with E-state index in [1.165, 1.54) is 24.3 Å². The summed E-state index contributed by atoms with van der Waals surface area (Å²) in [4.78, 5) is 0. The van der Waals surface area contributed by atoms with Gasteiger partial charge in [0.2, 0.25) is 0 Å². The van der Waals surface area contributed by atoms with E-state index in [0.717, 1.165) is 5.56 Å². The van der Waals surface area contributed by atoms with E-state index in [4.69, 9.17) is 0 Å². The first-order chi connectivity index (χ1) is 9.93. The number of alkyl halides is 2. The van der Waals surface area contributed by atoms with Crippen LogP contribution in [0.2, 0.25) is 0 Å². The monoisotopic (exact) mass is 295 g/mol. The van der Waals surface area contributed by atoms with Crippen LogP contribution in [0.3, 0.4) is 0 Å². The van der Waals surface area contributed by atoms with Crippen LogP contribution >= 0.6 is 0 Å². The molecular formula is C15H12F3NO2. The zero-order chi connectivity index (χ0) is 15.0. The van der Waals surface area contributed by atoms with E-state index in [2.05, 4.69) is 14.8 Å². The van der Waals surface area contributed by atoms with Crippen LogP contribution in [-0.2, 0) is 0 Å². The van der Waals surface area contributed by atoms with E-state index in [1.807, 2.05) is 6.92 Å². The number of fused-ring (bicyclic) bond motifs is 1. The molecule has 0 saturated carbocycles. The van der Waals surface area contributed by atoms with Crippen molar-refractivity contribution in [1.82, 2.24) is 0 Å². The lowest BCUT2D eigenvalue weighted by atomic mass is 10.1. The van der Waals surface area contributed by atoms with Gasteiger partial charge in [-0.1, -0.05) is 12.1 Å². The topological polar surface area (TPSA) is 30.5 Å². The highest BCUT2D eigenvalue weighted by Gasteiger charge is 2.43. The third-order valence-corrected chi connectivity index (χ3v) is 3.13. The largest absolute Gasteiger partial charge is 0.586 e. The first-order valence-electron chi connectivity index (χ1n) is 6.35. The highest BCUT2D eigenvalue weighted by Crippen LogP contribution is 2.42. The summed E-state index contributed by atoms with van der Waals surface area (Å²) in [6, 6.07) is 10.4. The second kappa shape index (κ2) is 4.87. The summed E-state index contributed by atoms with van der Waals surface area (Å²) in [6.45, 7) is 1.84. The Morgan fingerprint density at radius 1 is 1.05 bits per heavy atom. The quantitative estimate of drug-likeness (QED) is 0.914. The van der Waals surface area contributed by atoms with E-state index in [9.17, 15) is 13.2 Å². The van der Waals surface area contributed by atoms with Crippen molar-refractivity contribution in [3.8, 4) is 11.5 Å². The number of ether oxygens (including phenoxy) is 2. The zero-order valence-corrected chi connectivity index (χ0v) is 11.1. The van der Waals surface area contributed by atoms with Gasteiger partial charge in [-0.05, 0) is 36.8 Å². The van der Waals surface area contributed by atoms with Gasteiger partial charge in [0.1, 0.15) is 5.82 Å². The van der Waals surface area contributed by atoms with Crippen molar-refractivity contribution in [3.05, 3.63) is 53.8 Å². The van der Waals surface area contributed by atoms with Crippen LogP contribution in [0, 0.1) is 5.82 Å². The summed E-state index contributed by atoms with van der Waals surface area (Å²) in [6.07, 6.45) is -3.63. The summed E-state index contributed by atoms with van der Waals surface area (Å²) in [5.41, 5.74) is 1.32. The molecule has 0 radical (unpaired) electrons. The summed E-state index contributed by atoms with van der Waals surface area (Å²) < 4.78 is 47.8. The molecule has 1 heterocycles. The second-order valence-electron chi connectivity index (χ2n) is 4.75. The van der Waals surface area contributed by atoms with Gasteiger partial charge < -0.3 is 14.8 Å². The molecule has 21 heavy (non-hydrogen) atoms. The SMILES string of the molecule is CC(Nc1ccc2c(c1)OC(F)(F)O2)c1cccc(F)c1. The average Bonchev–Trinajstić information content (AvgIpc) is 2.72. The van der Waals surface area contributed by atoms with Crippen molar-refractivity contribution < 1.29 is 22.6 Å². The van der Waals surface area contributed by atoms with Gasteiger partial charge in [0.25, 0.3) is 0 Å². The molecule has 3 nitrogen and oxygen atoms in total. The van der Waals surface area contributed by atoms with Crippen LogP contribution in [0.1, 0.15) is 18.5 Å². The van der Waals surface area contributed by atoms with E-state index < -0.39 is 6.29 Å². The fraction of sp³-hybridized carbons (Fsp3) is 0.200. The molecule has 0 amide bonds. The number of anilines is 1. The van der Waals surface area contributed by atoms with Gasteiger partial charge in [-0.15, -0.1) is 8.78 Å². The van der Waals surface area contributed by atoms with E-state index in [0.29, 0.717) is 5.69 Å². The van der Waals surface area contributed by atoms with Crippen molar-refractivity contribution in [1.29, 1.82) is 0 Å². The van der Waals surface area contributed by atoms with Crippen molar-refractivity contribution in [2.24, 2.45) is 0 Å². The van der Waals surface area contributed by atoms with Gasteiger partial charge in [0, 0.05) is 17.8 Å². The highest BCUT2D eigenvalue weighted by atomic mass is 19.3. The fourth-order valence-electron chi connectivity index (χ4n) is 2.15. The Morgan fingerprint density at radius 3 is 2.57 bits per heavy atom. The average molecular weight is 295 g/mol. The Labute approximate surface area is 119 Å². The molecule has 0 aromatic heterocycles. The molecule has 1 aliphatic rings. The Balaban J connectivity index is 1.77. The van der Waals surface area contributed by atoms with E-state index >= 15 is 0 Å². The van der Waals surface area contributed by atoms with Crippen molar-refractivity contribution in [2.75, 3.05) is 5.32 Å². The molecule has 0 aliphatic carbocycles. The zero-order valence-electron chi connectivity index (χ0n) is 11.1.